The number of hydrogen-bond donors (Lipinski definition) is 3. The first-order valence-electron chi connectivity index (χ1n) is 6.41. The molecule has 6 nitrogen and oxygen atoms in total. The van der Waals surface area contributed by atoms with Crippen LogP contribution < -0.4 is 0 Å². The minimum atomic E-state index is -1.06. The lowest BCUT2D eigenvalue weighted by molar-refractivity contribution is -0.187. The number of aromatic hydroxyl groups is 1. The molecule has 1 saturated heterocycles. The molecular formula is C14H18O6. The van der Waals surface area contributed by atoms with Crippen molar-refractivity contribution in [2.45, 2.75) is 37.8 Å². The Kier molecular flexibility index (Phi) is 4.59. The molecule has 110 valence electrons. The number of benzene rings is 1. The first-order valence-corrected chi connectivity index (χ1v) is 6.41. The molecule has 0 amide bonds. The van der Waals surface area contributed by atoms with Crippen molar-refractivity contribution in [1.29, 1.82) is 0 Å². The molecule has 0 aliphatic carbocycles. The maximum absolute atomic E-state index is 10.8. The van der Waals surface area contributed by atoms with Gasteiger partial charge in [0.25, 0.3) is 0 Å². The Morgan fingerprint density at radius 1 is 1.35 bits per heavy atom. The summed E-state index contributed by atoms with van der Waals surface area (Å²) in [6, 6.07) is 6.19. The highest BCUT2D eigenvalue weighted by Crippen LogP contribution is 2.32. The lowest BCUT2D eigenvalue weighted by Crippen LogP contribution is -2.45. The smallest absolute Gasteiger partial charge is 0.302 e. The Morgan fingerprint density at radius 3 is 2.60 bits per heavy atom. The van der Waals surface area contributed by atoms with E-state index in [4.69, 9.17) is 9.47 Å². The Balaban J connectivity index is 2.09. The number of ether oxygens (including phenoxy) is 2. The minimum Gasteiger partial charge on any atom is -0.508 e. The largest absolute Gasteiger partial charge is 0.508 e. The molecule has 2 rings (SSSR count). The molecule has 1 fully saturated rings. The van der Waals surface area contributed by atoms with Crippen molar-refractivity contribution in [2.75, 3.05) is 6.61 Å². The van der Waals surface area contributed by atoms with Gasteiger partial charge in [-0.05, 0) is 17.7 Å². The molecule has 1 aliphatic heterocycles. The van der Waals surface area contributed by atoms with E-state index in [2.05, 4.69) is 0 Å². The highest BCUT2D eigenvalue weighted by Gasteiger charge is 2.37. The molecule has 0 aromatic heterocycles. The topological polar surface area (TPSA) is 96.2 Å². The van der Waals surface area contributed by atoms with Crippen LogP contribution in [-0.4, -0.2) is 46.2 Å². The molecule has 0 bridgehead atoms. The predicted molar refractivity (Wildman–Crippen MR) is 69.0 cm³/mol. The summed E-state index contributed by atoms with van der Waals surface area (Å²) in [4.78, 5) is 10.8. The van der Waals surface area contributed by atoms with E-state index < -0.39 is 30.4 Å². The molecular weight excluding hydrogens is 264 g/mol. The van der Waals surface area contributed by atoms with Crippen LogP contribution in [0.2, 0.25) is 0 Å². The van der Waals surface area contributed by atoms with E-state index in [1.54, 1.807) is 12.1 Å². The molecule has 1 aromatic rings. The highest BCUT2D eigenvalue weighted by atomic mass is 16.6. The second kappa shape index (κ2) is 6.21. The minimum absolute atomic E-state index is 0.0354. The summed E-state index contributed by atoms with van der Waals surface area (Å²) < 4.78 is 10.5. The predicted octanol–water partition coefficient (Wildman–Crippen LogP) is 0.507. The van der Waals surface area contributed by atoms with Crippen molar-refractivity contribution in [3.05, 3.63) is 29.8 Å². The van der Waals surface area contributed by atoms with Gasteiger partial charge in [0.15, 0.2) is 0 Å². The van der Waals surface area contributed by atoms with E-state index >= 15 is 0 Å². The van der Waals surface area contributed by atoms with Gasteiger partial charge in [0.1, 0.15) is 24.6 Å². The summed E-state index contributed by atoms with van der Waals surface area (Å²) in [6.07, 6.45) is -3.02. The molecule has 4 unspecified atom stereocenters. The number of carbonyl (C=O) groups excluding carboxylic acids is 1. The normalized spacial score (nSPS) is 29.9. The van der Waals surface area contributed by atoms with E-state index in [0.29, 0.717) is 5.56 Å². The Bertz CT molecular complexity index is 457. The van der Waals surface area contributed by atoms with Crippen LogP contribution in [0.3, 0.4) is 0 Å². The molecule has 0 radical (unpaired) electrons. The number of carbonyl (C=O) groups is 1. The van der Waals surface area contributed by atoms with E-state index in [0.717, 1.165) is 0 Å². The molecule has 1 aromatic carbocycles. The van der Waals surface area contributed by atoms with Gasteiger partial charge in [0, 0.05) is 13.3 Å². The van der Waals surface area contributed by atoms with Gasteiger partial charge >= 0.3 is 5.97 Å². The highest BCUT2D eigenvalue weighted by molar-refractivity contribution is 5.65. The van der Waals surface area contributed by atoms with Crippen LogP contribution >= 0.6 is 0 Å². The van der Waals surface area contributed by atoms with Crippen LogP contribution in [0, 0.1) is 0 Å². The van der Waals surface area contributed by atoms with Crippen molar-refractivity contribution in [1.82, 2.24) is 0 Å². The first-order chi connectivity index (χ1) is 9.47. The van der Waals surface area contributed by atoms with Gasteiger partial charge in [0.05, 0.1) is 12.2 Å². The Morgan fingerprint density at radius 2 is 2.00 bits per heavy atom. The maximum Gasteiger partial charge on any atom is 0.302 e. The fraction of sp³-hybridized carbons (Fsp3) is 0.500. The molecule has 1 aliphatic rings. The standard InChI is InChI=1S/C14H18O6/c1-8(15)19-7-11-6-12(17)13(18)14(20-11)9-2-4-10(16)5-3-9/h2-5,11-14,16-18H,6-7H2,1H3. The molecule has 0 saturated carbocycles. The van der Waals surface area contributed by atoms with E-state index in [9.17, 15) is 20.1 Å². The van der Waals surface area contributed by atoms with Crippen LogP contribution in [0.1, 0.15) is 25.0 Å². The van der Waals surface area contributed by atoms with Crippen molar-refractivity contribution in [3.63, 3.8) is 0 Å². The van der Waals surface area contributed by atoms with Gasteiger partial charge in [-0.1, -0.05) is 12.1 Å². The summed E-state index contributed by atoms with van der Waals surface area (Å²) in [5.74, 6) is -0.313. The maximum atomic E-state index is 10.8. The SMILES string of the molecule is CC(=O)OCC1CC(O)C(O)C(c2ccc(O)cc2)O1. The Hall–Kier alpha value is -1.63. The Labute approximate surface area is 116 Å². The van der Waals surface area contributed by atoms with E-state index in [1.165, 1.54) is 19.1 Å². The third kappa shape index (κ3) is 3.47. The number of esters is 1. The molecule has 20 heavy (non-hydrogen) atoms. The van der Waals surface area contributed by atoms with E-state index in [1.807, 2.05) is 0 Å². The molecule has 1 heterocycles. The van der Waals surface area contributed by atoms with Crippen molar-refractivity contribution < 1.29 is 29.6 Å². The molecule has 4 atom stereocenters. The summed E-state index contributed by atoms with van der Waals surface area (Å²) >= 11 is 0. The zero-order valence-electron chi connectivity index (χ0n) is 11.1. The van der Waals surface area contributed by atoms with Gasteiger partial charge in [-0.3, -0.25) is 4.79 Å². The molecule has 3 N–H and O–H groups in total. The zero-order valence-corrected chi connectivity index (χ0v) is 11.1. The lowest BCUT2D eigenvalue weighted by Gasteiger charge is -2.37. The number of phenolic OH excluding ortho intramolecular Hbond substituents is 1. The summed E-state index contributed by atoms with van der Waals surface area (Å²) in [7, 11) is 0. The molecule has 6 heteroatoms. The number of hydrogen-bond acceptors (Lipinski definition) is 6. The monoisotopic (exact) mass is 282 g/mol. The molecule has 0 spiro atoms. The van der Waals surface area contributed by atoms with Crippen LogP contribution in [0.4, 0.5) is 0 Å². The van der Waals surface area contributed by atoms with Gasteiger partial charge in [0.2, 0.25) is 0 Å². The fourth-order valence-corrected chi connectivity index (χ4v) is 2.21. The average Bonchev–Trinajstić information content (AvgIpc) is 2.41. The summed E-state index contributed by atoms with van der Waals surface area (Å²) in [6.45, 7) is 1.33. The summed E-state index contributed by atoms with van der Waals surface area (Å²) in [5.41, 5.74) is 0.641. The van der Waals surface area contributed by atoms with Gasteiger partial charge < -0.3 is 24.8 Å². The van der Waals surface area contributed by atoms with Gasteiger partial charge in [-0.2, -0.15) is 0 Å². The van der Waals surface area contributed by atoms with Crippen LogP contribution in [0.15, 0.2) is 24.3 Å². The lowest BCUT2D eigenvalue weighted by atomic mass is 9.93. The zero-order chi connectivity index (χ0) is 14.7. The van der Waals surface area contributed by atoms with Crippen molar-refractivity contribution in [2.24, 2.45) is 0 Å². The number of aliphatic hydroxyl groups excluding tert-OH is 2. The van der Waals surface area contributed by atoms with Gasteiger partial charge in [-0.25, -0.2) is 0 Å². The summed E-state index contributed by atoms with van der Waals surface area (Å²) in [5, 5.41) is 29.1. The van der Waals surface area contributed by atoms with Crippen LogP contribution in [-0.2, 0) is 14.3 Å². The fourth-order valence-electron chi connectivity index (χ4n) is 2.21. The quantitative estimate of drug-likeness (QED) is 0.699. The van der Waals surface area contributed by atoms with Crippen LogP contribution in [0.25, 0.3) is 0 Å². The van der Waals surface area contributed by atoms with Gasteiger partial charge in [-0.15, -0.1) is 0 Å². The van der Waals surface area contributed by atoms with Crippen molar-refractivity contribution in [3.8, 4) is 5.75 Å². The third-order valence-electron chi connectivity index (χ3n) is 3.24. The van der Waals surface area contributed by atoms with Crippen molar-refractivity contribution >= 4 is 5.97 Å². The number of phenols is 1. The number of rotatable bonds is 3. The second-order valence-corrected chi connectivity index (χ2v) is 4.87. The third-order valence-corrected chi connectivity index (χ3v) is 3.24. The first kappa shape index (κ1) is 14.8. The number of aliphatic hydroxyl groups is 2. The van der Waals surface area contributed by atoms with Crippen LogP contribution in [0.5, 0.6) is 5.75 Å². The average molecular weight is 282 g/mol. The second-order valence-electron chi connectivity index (χ2n) is 4.87. The van der Waals surface area contributed by atoms with E-state index in [-0.39, 0.29) is 18.8 Å².